The second-order valence-electron chi connectivity index (χ2n) is 8.46. The number of benzene rings is 3. The van der Waals surface area contributed by atoms with Crippen LogP contribution in [0.25, 0.3) is 5.76 Å². The molecule has 3 aromatic rings. The lowest BCUT2D eigenvalue weighted by atomic mass is 9.94. The predicted octanol–water partition coefficient (Wildman–Crippen LogP) is 5.34. The number of halogens is 2. The van der Waals surface area contributed by atoms with E-state index in [2.05, 4.69) is 0 Å². The molecule has 2 N–H and O–H groups in total. The van der Waals surface area contributed by atoms with Crippen molar-refractivity contribution in [3.63, 3.8) is 0 Å². The minimum Gasteiger partial charge on any atom is -0.507 e. The molecule has 0 aliphatic carbocycles. The van der Waals surface area contributed by atoms with Gasteiger partial charge in [-0.1, -0.05) is 53.5 Å². The number of likely N-dealkylation sites (tertiary alicyclic amines) is 1. The molecule has 1 aliphatic rings. The minimum absolute atomic E-state index is 0.00958. The highest BCUT2D eigenvalue weighted by molar-refractivity contribution is 6.47. The van der Waals surface area contributed by atoms with Crippen molar-refractivity contribution in [3.05, 3.63) is 92.5 Å². The number of hydrogen-bond donors (Lipinski definition) is 2. The smallest absolute Gasteiger partial charge is 0.335 e. The van der Waals surface area contributed by atoms with Gasteiger partial charge in [0.15, 0.2) is 11.5 Å². The Kier molecular flexibility index (Phi) is 8.03. The van der Waals surface area contributed by atoms with E-state index in [1.807, 2.05) is 0 Å². The number of aliphatic hydroxyl groups is 1. The fourth-order valence-corrected chi connectivity index (χ4v) is 5.19. The lowest BCUT2D eigenvalue weighted by Crippen LogP contribution is -2.29. The minimum atomic E-state index is -1.10. The van der Waals surface area contributed by atoms with E-state index >= 15 is 0 Å². The quantitative estimate of drug-likeness (QED) is 0.211. The molecule has 1 unspecified atom stereocenters. The van der Waals surface area contributed by atoms with Crippen LogP contribution < -0.4 is 14.2 Å². The number of amides is 1. The van der Waals surface area contributed by atoms with Gasteiger partial charge in [0.25, 0.3) is 11.7 Å². The van der Waals surface area contributed by atoms with Crippen molar-refractivity contribution in [2.45, 2.75) is 12.6 Å². The summed E-state index contributed by atoms with van der Waals surface area (Å²) in [5, 5.41) is 20.8. The molecule has 4 rings (SSSR count). The van der Waals surface area contributed by atoms with Crippen LogP contribution in [-0.4, -0.2) is 54.1 Å². The molecule has 0 radical (unpaired) electrons. The second-order valence-corrected chi connectivity index (χ2v) is 9.24. The number of rotatable bonds is 8. The predicted molar refractivity (Wildman–Crippen MR) is 144 cm³/mol. The highest BCUT2D eigenvalue weighted by Crippen LogP contribution is 2.48. The number of carboxylic acid groups (broad SMARTS) is 1. The molecule has 1 fully saturated rings. The molecular formula is C28H23Cl2NO8. The fourth-order valence-electron chi connectivity index (χ4n) is 4.50. The Labute approximate surface area is 233 Å². The SMILES string of the molecule is COc1ccccc1C1/C(=C(\O)c2cc(Cl)c(OC)c(Cl)c2OC)C(=O)C(=O)N1Cc1ccc(C(=O)O)cc1. The molecule has 1 saturated heterocycles. The van der Waals surface area contributed by atoms with Gasteiger partial charge < -0.3 is 29.3 Å². The van der Waals surface area contributed by atoms with Crippen LogP contribution in [0.1, 0.15) is 33.1 Å². The van der Waals surface area contributed by atoms with Gasteiger partial charge in [-0.2, -0.15) is 0 Å². The van der Waals surface area contributed by atoms with Crippen molar-refractivity contribution in [1.82, 2.24) is 4.90 Å². The first-order valence-electron chi connectivity index (χ1n) is 11.5. The number of aromatic carboxylic acids is 1. The van der Waals surface area contributed by atoms with Crippen LogP contribution in [0.2, 0.25) is 10.0 Å². The van der Waals surface area contributed by atoms with Crippen molar-refractivity contribution in [1.29, 1.82) is 0 Å². The Morgan fingerprint density at radius 3 is 2.15 bits per heavy atom. The maximum absolute atomic E-state index is 13.5. The largest absolute Gasteiger partial charge is 0.507 e. The molecule has 0 bridgehead atoms. The van der Waals surface area contributed by atoms with Crippen molar-refractivity contribution < 1.29 is 38.8 Å². The molecule has 3 aromatic carbocycles. The normalized spacial score (nSPS) is 16.3. The summed E-state index contributed by atoms with van der Waals surface area (Å²) in [7, 11) is 4.13. The molecule has 1 heterocycles. The molecule has 1 aliphatic heterocycles. The fraction of sp³-hybridized carbons (Fsp3) is 0.179. The number of methoxy groups -OCH3 is 3. The number of carbonyl (C=O) groups is 3. The summed E-state index contributed by atoms with van der Waals surface area (Å²) in [5.41, 5.74) is 0.823. The Morgan fingerprint density at radius 1 is 0.923 bits per heavy atom. The number of ether oxygens (including phenoxy) is 3. The standard InChI is InChI=1S/C28H23Cl2NO8/c1-37-19-7-5-4-6-16(19)22-20(23(32)17-12-18(29)26(39-3)21(30)25(17)38-2)24(33)27(34)31(22)13-14-8-10-15(11-9-14)28(35)36/h4-12,22,32H,13H2,1-3H3,(H,35,36)/b23-20+. The first-order chi connectivity index (χ1) is 18.6. The molecular weight excluding hydrogens is 549 g/mol. The van der Waals surface area contributed by atoms with Crippen molar-refractivity contribution in [2.75, 3.05) is 21.3 Å². The number of carbonyl (C=O) groups excluding carboxylic acids is 2. The Morgan fingerprint density at radius 2 is 1.56 bits per heavy atom. The topological polar surface area (TPSA) is 123 Å². The van der Waals surface area contributed by atoms with Gasteiger partial charge in [0.05, 0.1) is 49.1 Å². The molecule has 1 atom stereocenters. The highest BCUT2D eigenvalue weighted by atomic mass is 35.5. The number of carboxylic acids is 1. The second kappa shape index (κ2) is 11.3. The van der Waals surface area contributed by atoms with E-state index in [1.54, 1.807) is 36.4 Å². The number of hydrogen-bond acceptors (Lipinski definition) is 7. The number of para-hydroxylation sites is 1. The third kappa shape index (κ3) is 4.98. The molecule has 0 aromatic heterocycles. The van der Waals surface area contributed by atoms with Gasteiger partial charge in [0, 0.05) is 12.1 Å². The third-order valence-corrected chi connectivity index (χ3v) is 6.95. The van der Waals surface area contributed by atoms with Crippen LogP contribution in [0.4, 0.5) is 0 Å². The summed E-state index contributed by atoms with van der Waals surface area (Å²) in [6.45, 7) is -0.0643. The summed E-state index contributed by atoms with van der Waals surface area (Å²) < 4.78 is 16.1. The van der Waals surface area contributed by atoms with Gasteiger partial charge in [-0.3, -0.25) is 9.59 Å². The summed E-state index contributed by atoms with van der Waals surface area (Å²) >= 11 is 12.7. The number of Topliss-reactive ketones (excluding diaryl/α,β-unsaturated/α-hetero) is 1. The molecule has 39 heavy (non-hydrogen) atoms. The first-order valence-corrected chi connectivity index (χ1v) is 12.2. The Hall–Kier alpha value is -4.21. The molecule has 11 heteroatoms. The van der Waals surface area contributed by atoms with Crippen LogP contribution >= 0.6 is 23.2 Å². The van der Waals surface area contributed by atoms with Crippen molar-refractivity contribution >= 4 is 46.6 Å². The monoisotopic (exact) mass is 571 g/mol. The zero-order valence-corrected chi connectivity index (χ0v) is 22.5. The van der Waals surface area contributed by atoms with E-state index in [0.29, 0.717) is 16.9 Å². The third-order valence-electron chi connectivity index (χ3n) is 6.32. The number of nitrogens with zero attached hydrogens (tertiary/aromatic N) is 1. The van der Waals surface area contributed by atoms with Gasteiger partial charge >= 0.3 is 5.97 Å². The number of aliphatic hydroxyl groups excluding tert-OH is 1. The van der Waals surface area contributed by atoms with Crippen LogP contribution in [-0.2, 0) is 16.1 Å². The van der Waals surface area contributed by atoms with Crippen molar-refractivity contribution in [3.8, 4) is 17.2 Å². The highest BCUT2D eigenvalue weighted by Gasteiger charge is 2.47. The first kappa shape index (κ1) is 27.8. The molecule has 9 nitrogen and oxygen atoms in total. The van der Waals surface area contributed by atoms with E-state index in [4.69, 9.17) is 37.4 Å². The van der Waals surface area contributed by atoms with Crippen LogP contribution in [0, 0.1) is 0 Å². The van der Waals surface area contributed by atoms with Gasteiger partial charge in [0.2, 0.25) is 0 Å². The van der Waals surface area contributed by atoms with Gasteiger partial charge in [-0.25, -0.2) is 4.79 Å². The summed E-state index contributed by atoms with van der Waals surface area (Å²) in [6.07, 6.45) is 0. The van der Waals surface area contributed by atoms with E-state index in [0.717, 1.165) is 0 Å². The van der Waals surface area contributed by atoms with E-state index in [-0.39, 0.29) is 44.8 Å². The molecule has 0 spiro atoms. The summed E-state index contributed by atoms with van der Waals surface area (Å²) in [4.78, 5) is 39.4. The summed E-state index contributed by atoms with van der Waals surface area (Å²) in [6, 6.07) is 12.9. The maximum atomic E-state index is 13.5. The Bertz CT molecular complexity index is 1500. The van der Waals surface area contributed by atoms with E-state index in [9.17, 15) is 24.6 Å². The maximum Gasteiger partial charge on any atom is 0.335 e. The van der Waals surface area contributed by atoms with Gasteiger partial charge in [-0.05, 0) is 29.8 Å². The zero-order valence-electron chi connectivity index (χ0n) is 21.0. The summed E-state index contributed by atoms with van der Waals surface area (Å²) in [5.74, 6) is -3.00. The van der Waals surface area contributed by atoms with Gasteiger partial charge in [0.1, 0.15) is 16.5 Å². The molecule has 202 valence electrons. The molecule has 0 saturated carbocycles. The van der Waals surface area contributed by atoms with Crippen LogP contribution in [0.3, 0.4) is 0 Å². The molecule has 1 amide bonds. The van der Waals surface area contributed by atoms with E-state index in [1.165, 1.54) is 44.4 Å². The van der Waals surface area contributed by atoms with Crippen molar-refractivity contribution in [2.24, 2.45) is 0 Å². The average molecular weight is 572 g/mol. The Balaban J connectivity index is 1.94. The zero-order chi connectivity index (χ0) is 28.4. The lowest BCUT2D eigenvalue weighted by Gasteiger charge is -2.27. The number of ketones is 1. The van der Waals surface area contributed by atoms with Crippen LogP contribution in [0.15, 0.2) is 60.2 Å². The lowest BCUT2D eigenvalue weighted by molar-refractivity contribution is -0.140. The van der Waals surface area contributed by atoms with E-state index < -0.39 is 29.5 Å². The van der Waals surface area contributed by atoms with Crippen LogP contribution in [0.5, 0.6) is 17.2 Å². The average Bonchev–Trinajstić information content (AvgIpc) is 3.17. The van der Waals surface area contributed by atoms with Gasteiger partial charge in [-0.15, -0.1) is 0 Å².